The van der Waals surface area contributed by atoms with Gasteiger partial charge in [0, 0.05) is 28.1 Å². The average molecular weight is 465 g/mol. The van der Waals surface area contributed by atoms with E-state index in [1.54, 1.807) is 18.2 Å². The summed E-state index contributed by atoms with van der Waals surface area (Å²) in [7, 11) is 0. The highest BCUT2D eigenvalue weighted by Gasteiger charge is 2.61. The molecule has 0 aliphatic carbocycles. The standard InChI is InChI=1S/C26H22Cl2N2O2/c1-14-6-7-15(2)19(10-14)24-26(20-9-8-18(28)12-22(20)29-25(26)32)21(13-23(31)30-24)16-4-3-5-17(27)11-16/h3-12,21,24H,13H2,1-2H3,(H,29,32)(H,30,31). The first-order valence-electron chi connectivity index (χ1n) is 10.5. The minimum Gasteiger partial charge on any atom is -0.348 e. The molecule has 0 radical (unpaired) electrons. The lowest BCUT2D eigenvalue weighted by Gasteiger charge is -2.47. The highest BCUT2D eigenvalue weighted by Crippen LogP contribution is 2.57. The zero-order valence-electron chi connectivity index (χ0n) is 17.7. The van der Waals surface area contributed by atoms with Crippen LogP contribution >= 0.6 is 23.2 Å². The van der Waals surface area contributed by atoms with Gasteiger partial charge >= 0.3 is 0 Å². The largest absolute Gasteiger partial charge is 0.348 e. The summed E-state index contributed by atoms with van der Waals surface area (Å²) in [6, 6.07) is 18.5. The van der Waals surface area contributed by atoms with E-state index in [0.29, 0.717) is 15.7 Å². The van der Waals surface area contributed by atoms with Crippen LogP contribution in [0.1, 0.15) is 46.2 Å². The van der Waals surface area contributed by atoms with E-state index in [2.05, 4.69) is 16.7 Å². The fraction of sp³-hybridized carbons (Fsp3) is 0.231. The molecule has 0 bridgehead atoms. The third kappa shape index (κ3) is 3.13. The van der Waals surface area contributed by atoms with Crippen LogP contribution in [0.3, 0.4) is 0 Å². The summed E-state index contributed by atoms with van der Waals surface area (Å²) < 4.78 is 0. The fourth-order valence-corrected chi connectivity index (χ4v) is 5.71. The predicted octanol–water partition coefficient (Wildman–Crippen LogP) is 5.85. The molecule has 3 unspecified atom stereocenters. The SMILES string of the molecule is Cc1ccc(C)c(C2NC(=O)CC(c3cccc(Cl)c3)C23C(=O)Nc2cc(Cl)ccc23)c1. The van der Waals surface area contributed by atoms with Crippen molar-refractivity contribution >= 4 is 40.7 Å². The second-order valence-corrected chi connectivity index (χ2v) is 9.56. The maximum absolute atomic E-state index is 13.9. The zero-order chi connectivity index (χ0) is 22.6. The molecule has 5 rings (SSSR count). The molecule has 2 aliphatic heterocycles. The molecule has 2 N–H and O–H groups in total. The van der Waals surface area contributed by atoms with Crippen LogP contribution < -0.4 is 10.6 Å². The summed E-state index contributed by atoms with van der Waals surface area (Å²) >= 11 is 12.6. The van der Waals surface area contributed by atoms with Crippen LogP contribution in [0.5, 0.6) is 0 Å². The number of carbonyl (C=O) groups is 2. The number of carbonyl (C=O) groups excluding carboxylic acids is 2. The second kappa shape index (κ2) is 7.65. The molecule has 162 valence electrons. The third-order valence-electron chi connectivity index (χ3n) is 6.75. The van der Waals surface area contributed by atoms with E-state index in [0.717, 1.165) is 27.8 Å². The number of aryl methyl sites for hydroxylation is 2. The molecular formula is C26H22Cl2N2O2. The van der Waals surface area contributed by atoms with Crippen LogP contribution in [0.2, 0.25) is 10.0 Å². The van der Waals surface area contributed by atoms with Gasteiger partial charge in [-0.1, -0.05) is 65.2 Å². The Morgan fingerprint density at radius 1 is 0.938 bits per heavy atom. The Morgan fingerprint density at radius 3 is 2.50 bits per heavy atom. The summed E-state index contributed by atoms with van der Waals surface area (Å²) in [5.74, 6) is -0.644. The number of halogens is 2. The summed E-state index contributed by atoms with van der Waals surface area (Å²) in [5, 5.41) is 7.34. The van der Waals surface area contributed by atoms with Gasteiger partial charge in [0.05, 0.1) is 6.04 Å². The van der Waals surface area contributed by atoms with Crippen molar-refractivity contribution in [3.8, 4) is 0 Å². The van der Waals surface area contributed by atoms with Gasteiger partial charge in [-0.2, -0.15) is 0 Å². The van der Waals surface area contributed by atoms with Gasteiger partial charge in [0.1, 0.15) is 5.41 Å². The molecule has 2 aliphatic rings. The van der Waals surface area contributed by atoms with Crippen molar-refractivity contribution in [1.82, 2.24) is 5.32 Å². The Hall–Kier alpha value is -2.82. The van der Waals surface area contributed by atoms with Gasteiger partial charge in [-0.15, -0.1) is 0 Å². The molecule has 4 nitrogen and oxygen atoms in total. The maximum Gasteiger partial charge on any atom is 0.238 e. The zero-order valence-corrected chi connectivity index (χ0v) is 19.2. The molecule has 0 aromatic heterocycles. The molecule has 3 aromatic rings. The maximum atomic E-state index is 13.9. The van der Waals surface area contributed by atoms with E-state index < -0.39 is 17.4 Å². The number of fused-ring (bicyclic) bond motifs is 2. The quantitative estimate of drug-likeness (QED) is 0.499. The van der Waals surface area contributed by atoms with E-state index in [4.69, 9.17) is 23.2 Å². The Balaban J connectivity index is 1.83. The summed E-state index contributed by atoms with van der Waals surface area (Å²) in [4.78, 5) is 27.0. The molecule has 2 amide bonds. The first-order chi connectivity index (χ1) is 15.3. The molecule has 0 saturated carbocycles. The van der Waals surface area contributed by atoms with Gasteiger partial charge in [0.25, 0.3) is 0 Å². The van der Waals surface area contributed by atoms with Crippen molar-refractivity contribution in [2.24, 2.45) is 0 Å². The highest BCUT2D eigenvalue weighted by atomic mass is 35.5. The predicted molar refractivity (Wildman–Crippen MR) is 127 cm³/mol. The van der Waals surface area contributed by atoms with Crippen LogP contribution in [-0.2, 0) is 15.0 Å². The van der Waals surface area contributed by atoms with Crippen molar-refractivity contribution in [3.63, 3.8) is 0 Å². The van der Waals surface area contributed by atoms with Crippen LogP contribution in [0.15, 0.2) is 60.7 Å². The van der Waals surface area contributed by atoms with Crippen molar-refractivity contribution in [2.45, 2.75) is 37.6 Å². The molecule has 6 heteroatoms. The lowest BCUT2D eigenvalue weighted by molar-refractivity contribution is -0.131. The molecule has 32 heavy (non-hydrogen) atoms. The number of amides is 2. The van der Waals surface area contributed by atoms with Crippen LogP contribution in [0, 0.1) is 13.8 Å². The smallest absolute Gasteiger partial charge is 0.238 e. The molecule has 1 fully saturated rings. The fourth-order valence-electron chi connectivity index (χ4n) is 5.34. The Kier molecular flexibility index (Phi) is 5.03. The number of piperidine rings is 1. The van der Waals surface area contributed by atoms with E-state index in [-0.39, 0.29) is 18.2 Å². The van der Waals surface area contributed by atoms with Crippen molar-refractivity contribution in [3.05, 3.63) is 98.5 Å². The summed E-state index contributed by atoms with van der Waals surface area (Å²) in [6.07, 6.45) is 0.178. The molecule has 1 spiro atoms. The van der Waals surface area contributed by atoms with Crippen molar-refractivity contribution < 1.29 is 9.59 Å². The van der Waals surface area contributed by atoms with E-state index in [1.165, 1.54) is 0 Å². The number of hydrogen-bond donors (Lipinski definition) is 2. The number of anilines is 1. The number of nitrogens with one attached hydrogen (secondary N) is 2. The van der Waals surface area contributed by atoms with Gasteiger partial charge in [0.2, 0.25) is 11.8 Å². The molecule has 3 atom stereocenters. The Bertz CT molecular complexity index is 1270. The van der Waals surface area contributed by atoms with Crippen LogP contribution in [0.4, 0.5) is 5.69 Å². The minimum atomic E-state index is -1.04. The lowest BCUT2D eigenvalue weighted by Crippen LogP contribution is -2.57. The first kappa shape index (κ1) is 21.0. The summed E-state index contributed by atoms with van der Waals surface area (Å²) in [5.41, 5.74) is 4.35. The topological polar surface area (TPSA) is 58.2 Å². The van der Waals surface area contributed by atoms with E-state index in [1.807, 2.05) is 50.2 Å². The number of hydrogen-bond acceptors (Lipinski definition) is 2. The third-order valence-corrected chi connectivity index (χ3v) is 7.22. The molecule has 3 aromatic carbocycles. The van der Waals surface area contributed by atoms with Crippen molar-refractivity contribution in [2.75, 3.05) is 5.32 Å². The Labute approximate surface area is 196 Å². The van der Waals surface area contributed by atoms with Gasteiger partial charge in [-0.25, -0.2) is 0 Å². The van der Waals surface area contributed by atoms with Crippen molar-refractivity contribution in [1.29, 1.82) is 0 Å². The summed E-state index contributed by atoms with van der Waals surface area (Å²) in [6.45, 7) is 4.02. The normalized spacial score (nSPS) is 24.2. The van der Waals surface area contributed by atoms with E-state index >= 15 is 0 Å². The average Bonchev–Trinajstić information content (AvgIpc) is 3.02. The first-order valence-corrected chi connectivity index (χ1v) is 11.3. The number of rotatable bonds is 2. The second-order valence-electron chi connectivity index (χ2n) is 8.69. The molecular weight excluding hydrogens is 443 g/mol. The van der Waals surface area contributed by atoms with Gasteiger partial charge < -0.3 is 10.6 Å². The van der Waals surface area contributed by atoms with Gasteiger partial charge in [-0.05, 0) is 60.4 Å². The molecule has 2 heterocycles. The van der Waals surface area contributed by atoms with E-state index in [9.17, 15) is 9.59 Å². The van der Waals surface area contributed by atoms with Crippen LogP contribution in [-0.4, -0.2) is 11.8 Å². The molecule has 1 saturated heterocycles. The highest BCUT2D eigenvalue weighted by molar-refractivity contribution is 6.31. The van der Waals surface area contributed by atoms with Gasteiger partial charge in [-0.3, -0.25) is 9.59 Å². The monoisotopic (exact) mass is 464 g/mol. The Morgan fingerprint density at radius 2 is 1.72 bits per heavy atom. The van der Waals surface area contributed by atoms with Gasteiger partial charge in [0.15, 0.2) is 0 Å². The number of benzene rings is 3. The minimum absolute atomic E-state index is 0.0956. The van der Waals surface area contributed by atoms with Crippen LogP contribution in [0.25, 0.3) is 0 Å². The lowest BCUT2D eigenvalue weighted by atomic mass is 9.59.